The van der Waals surface area contributed by atoms with Crippen LogP contribution in [-0.4, -0.2) is 28.1 Å². The van der Waals surface area contributed by atoms with Gasteiger partial charge in [-0.3, -0.25) is 9.59 Å². The Kier molecular flexibility index (Phi) is 5.73. The fourth-order valence-corrected chi connectivity index (χ4v) is 3.98. The second-order valence-electron chi connectivity index (χ2n) is 7.34. The van der Waals surface area contributed by atoms with E-state index in [2.05, 4.69) is 0 Å². The second kappa shape index (κ2) is 8.78. The molecule has 0 saturated carbocycles. The summed E-state index contributed by atoms with van der Waals surface area (Å²) >= 11 is 0. The third-order valence-corrected chi connectivity index (χ3v) is 5.39. The molecule has 0 radical (unpaired) electrons. The van der Waals surface area contributed by atoms with Gasteiger partial charge in [-0.05, 0) is 30.5 Å². The maximum absolute atomic E-state index is 13.4. The van der Waals surface area contributed by atoms with Crippen LogP contribution in [0, 0.1) is 11.3 Å². The normalized spacial score (nSPS) is 11.4. The molecule has 158 valence electrons. The Labute approximate surface area is 185 Å². The zero-order valence-electron chi connectivity index (χ0n) is 17.5. The molecule has 0 aliphatic rings. The molecular weight excluding hydrogens is 402 g/mol. The van der Waals surface area contributed by atoms with Crippen molar-refractivity contribution in [2.45, 2.75) is 13.5 Å². The first-order valence-electron chi connectivity index (χ1n) is 10.2. The van der Waals surface area contributed by atoms with Gasteiger partial charge >= 0.3 is 5.97 Å². The summed E-state index contributed by atoms with van der Waals surface area (Å²) in [4.78, 5) is 26.3. The fourth-order valence-electron chi connectivity index (χ4n) is 3.98. The van der Waals surface area contributed by atoms with Crippen molar-refractivity contribution in [2.24, 2.45) is 0 Å². The van der Waals surface area contributed by atoms with E-state index < -0.39 is 11.9 Å². The minimum atomic E-state index is -0.967. The number of aromatic nitrogens is 1. The summed E-state index contributed by atoms with van der Waals surface area (Å²) < 4.78 is 1.60. The van der Waals surface area contributed by atoms with E-state index >= 15 is 0 Å². The van der Waals surface area contributed by atoms with E-state index in [4.69, 9.17) is 0 Å². The predicted molar refractivity (Wildman–Crippen MR) is 125 cm³/mol. The predicted octanol–water partition coefficient (Wildman–Crippen LogP) is 4.84. The van der Waals surface area contributed by atoms with E-state index in [1.165, 1.54) is 6.08 Å². The molecule has 6 heteroatoms. The number of likely N-dealkylation sites (N-methyl/N-ethyl adjacent to an activating group) is 1. The number of carboxylic acid groups (broad SMARTS) is 1. The Balaban J connectivity index is 1.79. The van der Waals surface area contributed by atoms with Crippen LogP contribution in [0.15, 0.2) is 78.5 Å². The number of carbonyl (C=O) groups excluding carboxylic acids is 1. The molecule has 0 bridgehead atoms. The summed E-state index contributed by atoms with van der Waals surface area (Å²) in [6.07, 6.45) is 3.20. The molecule has 3 aromatic carbocycles. The highest BCUT2D eigenvalue weighted by molar-refractivity contribution is 6.15. The molecular formula is C26H21N3O3. The molecule has 4 aromatic rings. The van der Waals surface area contributed by atoms with Gasteiger partial charge in [-0.1, -0.05) is 54.6 Å². The fraction of sp³-hybridized carbons (Fsp3) is 0.115. The van der Waals surface area contributed by atoms with Gasteiger partial charge in [-0.15, -0.1) is 0 Å². The number of hydrogen-bond donors (Lipinski definition) is 1. The summed E-state index contributed by atoms with van der Waals surface area (Å²) in [6, 6.07) is 22.9. The zero-order chi connectivity index (χ0) is 22.7. The van der Waals surface area contributed by atoms with Crippen LogP contribution >= 0.6 is 0 Å². The molecule has 1 aromatic heterocycles. The number of carbonyl (C=O) groups is 2. The largest absolute Gasteiger partial charge is 0.480 e. The SMILES string of the molecule is CCN(C(=O)C(C#N)=Cc1cn(CC(=O)O)c2ccccc12)c1cccc2ccccc12. The van der Waals surface area contributed by atoms with Crippen molar-refractivity contribution < 1.29 is 14.7 Å². The molecule has 4 rings (SSSR count). The average molecular weight is 423 g/mol. The maximum atomic E-state index is 13.4. The van der Waals surface area contributed by atoms with Gasteiger partial charge in [0, 0.05) is 34.6 Å². The minimum absolute atomic E-state index is 0.0157. The van der Waals surface area contributed by atoms with E-state index in [0.717, 1.165) is 27.4 Å². The highest BCUT2D eigenvalue weighted by Gasteiger charge is 2.21. The molecule has 0 aliphatic carbocycles. The average Bonchev–Trinajstić information content (AvgIpc) is 3.14. The van der Waals surface area contributed by atoms with Crippen LogP contribution in [0.25, 0.3) is 27.8 Å². The van der Waals surface area contributed by atoms with Crippen LogP contribution in [-0.2, 0) is 16.1 Å². The van der Waals surface area contributed by atoms with Crippen molar-refractivity contribution in [3.63, 3.8) is 0 Å². The Hall–Kier alpha value is -4.37. The number of aliphatic carboxylic acids is 1. The van der Waals surface area contributed by atoms with Gasteiger partial charge < -0.3 is 14.6 Å². The van der Waals surface area contributed by atoms with E-state index in [9.17, 15) is 20.0 Å². The number of benzene rings is 3. The molecule has 1 amide bonds. The number of para-hydroxylation sites is 1. The van der Waals surface area contributed by atoms with Gasteiger partial charge in [-0.25, -0.2) is 0 Å². The van der Waals surface area contributed by atoms with Gasteiger partial charge in [0.15, 0.2) is 0 Å². The number of carboxylic acids is 1. The molecule has 0 atom stereocenters. The quantitative estimate of drug-likeness (QED) is 0.355. The molecule has 32 heavy (non-hydrogen) atoms. The third kappa shape index (κ3) is 3.84. The molecule has 0 spiro atoms. The topological polar surface area (TPSA) is 86.3 Å². The van der Waals surface area contributed by atoms with Crippen molar-refractivity contribution in [3.05, 3.63) is 84.1 Å². The lowest BCUT2D eigenvalue weighted by molar-refractivity contribution is -0.137. The highest BCUT2D eigenvalue weighted by Crippen LogP contribution is 2.29. The van der Waals surface area contributed by atoms with Crippen molar-refractivity contribution in [3.8, 4) is 6.07 Å². The Morgan fingerprint density at radius 2 is 1.72 bits per heavy atom. The van der Waals surface area contributed by atoms with Gasteiger partial charge in [0.2, 0.25) is 0 Å². The number of nitriles is 1. The molecule has 0 saturated heterocycles. The summed E-state index contributed by atoms with van der Waals surface area (Å²) in [5.74, 6) is -1.37. The smallest absolute Gasteiger partial charge is 0.323 e. The molecule has 1 N–H and O–H groups in total. The van der Waals surface area contributed by atoms with Crippen LogP contribution in [0.4, 0.5) is 5.69 Å². The molecule has 0 fully saturated rings. The standard InChI is InChI=1S/C26H21N3O3/c1-2-29(24-13-7-9-18-8-3-4-10-21(18)24)26(32)19(15-27)14-20-16-28(17-25(30)31)23-12-6-5-11-22(20)23/h3-14,16H,2,17H2,1H3,(H,30,31). The number of anilines is 1. The molecule has 1 heterocycles. The lowest BCUT2D eigenvalue weighted by Crippen LogP contribution is -2.31. The lowest BCUT2D eigenvalue weighted by atomic mass is 10.1. The third-order valence-electron chi connectivity index (χ3n) is 5.39. The van der Waals surface area contributed by atoms with Gasteiger partial charge in [0.25, 0.3) is 5.91 Å². The summed E-state index contributed by atoms with van der Waals surface area (Å²) in [5.41, 5.74) is 2.08. The second-order valence-corrected chi connectivity index (χ2v) is 7.34. The number of fused-ring (bicyclic) bond motifs is 2. The number of amides is 1. The highest BCUT2D eigenvalue weighted by atomic mass is 16.4. The van der Waals surface area contributed by atoms with E-state index in [-0.39, 0.29) is 12.1 Å². The lowest BCUT2D eigenvalue weighted by Gasteiger charge is -2.22. The molecule has 6 nitrogen and oxygen atoms in total. The van der Waals surface area contributed by atoms with Gasteiger partial charge in [0.05, 0.1) is 5.69 Å². The van der Waals surface area contributed by atoms with Crippen molar-refractivity contribution >= 4 is 45.3 Å². The maximum Gasteiger partial charge on any atom is 0.323 e. The first-order chi connectivity index (χ1) is 15.5. The van der Waals surface area contributed by atoms with Crippen LogP contribution in [0.3, 0.4) is 0 Å². The van der Waals surface area contributed by atoms with Crippen molar-refractivity contribution in [2.75, 3.05) is 11.4 Å². The van der Waals surface area contributed by atoms with Crippen LogP contribution in [0.1, 0.15) is 12.5 Å². The Bertz CT molecular complexity index is 1400. The minimum Gasteiger partial charge on any atom is -0.480 e. The summed E-state index contributed by atoms with van der Waals surface area (Å²) in [7, 11) is 0. The van der Waals surface area contributed by atoms with Crippen molar-refractivity contribution in [1.29, 1.82) is 5.26 Å². The number of nitrogens with zero attached hydrogens (tertiary/aromatic N) is 3. The van der Waals surface area contributed by atoms with Gasteiger partial charge in [0.1, 0.15) is 18.2 Å². The van der Waals surface area contributed by atoms with E-state index in [0.29, 0.717) is 12.1 Å². The zero-order valence-corrected chi connectivity index (χ0v) is 17.5. The molecule has 0 unspecified atom stereocenters. The van der Waals surface area contributed by atoms with Crippen molar-refractivity contribution in [1.82, 2.24) is 4.57 Å². The first-order valence-corrected chi connectivity index (χ1v) is 10.2. The summed E-state index contributed by atoms with van der Waals surface area (Å²) in [5, 5.41) is 21.8. The van der Waals surface area contributed by atoms with Gasteiger partial charge in [-0.2, -0.15) is 5.26 Å². The first kappa shape index (κ1) is 20.9. The van der Waals surface area contributed by atoms with Crippen LogP contribution < -0.4 is 4.90 Å². The van der Waals surface area contributed by atoms with E-state index in [1.807, 2.05) is 79.7 Å². The van der Waals surface area contributed by atoms with Crippen LogP contribution in [0.2, 0.25) is 0 Å². The molecule has 0 aliphatic heterocycles. The Morgan fingerprint density at radius 3 is 2.44 bits per heavy atom. The number of hydrogen-bond acceptors (Lipinski definition) is 3. The van der Waals surface area contributed by atoms with Crippen LogP contribution in [0.5, 0.6) is 0 Å². The monoisotopic (exact) mass is 423 g/mol. The Morgan fingerprint density at radius 1 is 1.03 bits per heavy atom. The van der Waals surface area contributed by atoms with E-state index in [1.54, 1.807) is 15.7 Å². The number of rotatable bonds is 6. The summed E-state index contributed by atoms with van der Waals surface area (Å²) in [6.45, 7) is 2.06.